The minimum atomic E-state index is -0.308. The lowest BCUT2D eigenvalue weighted by Crippen LogP contribution is -2.24. The average Bonchev–Trinajstić information content (AvgIpc) is 2.83. The first kappa shape index (κ1) is 13.2. The van der Waals surface area contributed by atoms with Gasteiger partial charge in [0.15, 0.2) is 0 Å². The van der Waals surface area contributed by atoms with Crippen molar-refractivity contribution in [2.45, 2.75) is 6.92 Å². The molecule has 0 atom stereocenters. The number of benzene rings is 2. The second-order valence-electron chi connectivity index (χ2n) is 4.86. The summed E-state index contributed by atoms with van der Waals surface area (Å²) in [4.78, 5) is 16.2. The quantitative estimate of drug-likeness (QED) is 0.844. The number of hydrogen-bond acceptors (Lipinski definition) is 2. The maximum absolute atomic E-state index is 12.9. The van der Waals surface area contributed by atoms with Gasteiger partial charge in [-0.25, -0.2) is 9.38 Å². The lowest BCUT2D eigenvalue weighted by Gasteiger charge is -2.00. The van der Waals surface area contributed by atoms with E-state index in [1.54, 1.807) is 18.2 Å². The van der Waals surface area contributed by atoms with Crippen molar-refractivity contribution < 1.29 is 9.18 Å². The number of aliphatic imine (C=N–C) groups is 1. The monoisotopic (exact) mass is 280 g/mol. The van der Waals surface area contributed by atoms with E-state index < -0.39 is 0 Å². The molecule has 0 bridgehead atoms. The van der Waals surface area contributed by atoms with Crippen LogP contribution in [-0.4, -0.2) is 11.7 Å². The first-order chi connectivity index (χ1) is 10.1. The summed E-state index contributed by atoms with van der Waals surface area (Å²) in [5.74, 6) is -0.0277. The van der Waals surface area contributed by atoms with Crippen molar-refractivity contribution in [3.8, 4) is 0 Å². The number of carbonyl (C=O) groups is 1. The summed E-state index contributed by atoms with van der Waals surface area (Å²) in [5.41, 5.74) is 3.05. The van der Waals surface area contributed by atoms with Crippen molar-refractivity contribution in [2.75, 3.05) is 0 Å². The van der Waals surface area contributed by atoms with E-state index >= 15 is 0 Å². The predicted octanol–water partition coefficient (Wildman–Crippen LogP) is 3.05. The number of nitrogens with one attached hydrogen (secondary N) is 1. The van der Waals surface area contributed by atoms with Crippen molar-refractivity contribution in [1.82, 2.24) is 5.32 Å². The van der Waals surface area contributed by atoms with Gasteiger partial charge < -0.3 is 5.32 Å². The molecular weight excluding hydrogens is 267 g/mol. The molecule has 0 saturated heterocycles. The van der Waals surface area contributed by atoms with Crippen LogP contribution in [0.2, 0.25) is 0 Å². The van der Waals surface area contributed by atoms with Crippen LogP contribution in [-0.2, 0) is 4.79 Å². The maximum Gasteiger partial charge on any atom is 0.275 e. The van der Waals surface area contributed by atoms with Gasteiger partial charge >= 0.3 is 0 Å². The van der Waals surface area contributed by atoms with Gasteiger partial charge in [-0.15, -0.1) is 0 Å². The fourth-order valence-corrected chi connectivity index (χ4v) is 2.03. The largest absolute Gasteiger partial charge is 0.305 e. The number of aryl methyl sites for hydroxylation is 1. The summed E-state index contributed by atoms with van der Waals surface area (Å²) in [5, 5.41) is 2.74. The summed E-state index contributed by atoms with van der Waals surface area (Å²) >= 11 is 0. The van der Waals surface area contributed by atoms with Gasteiger partial charge in [-0.1, -0.05) is 42.0 Å². The Bertz CT molecular complexity index is 743. The van der Waals surface area contributed by atoms with Crippen LogP contribution in [0, 0.1) is 12.7 Å². The first-order valence-corrected chi connectivity index (χ1v) is 6.56. The molecule has 1 aliphatic rings. The molecule has 104 valence electrons. The highest BCUT2D eigenvalue weighted by Crippen LogP contribution is 2.15. The normalized spacial score (nSPS) is 16.0. The highest BCUT2D eigenvalue weighted by Gasteiger charge is 2.20. The van der Waals surface area contributed by atoms with Crippen LogP contribution in [0.15, 0.2) is 59.2 Å². The van der Waals surface area contributed by atoms with Gasteiger partial charge in [0.2, 0.25) is 0 Å². The Morgan fingerprint density at radius 3 is 2.38 bits per heavy atom. The third-order valence-corrected chi connectivity index (χ3v) is 3.20. The molecule has 0 radical (unpaired) electrons. The maximum atomic E-state index is 12.9. The number of amidine groups is 1. The van der Waals surface area contributed by atoms with Crippen LogP contribution in [0.25, 0.3) is 6.08 Å². The van der Waals surface area contributed by atoms with Crippen LogP contribution in [0.1, 0.15) is 16.7 Å². The van der Waals surface area contributed by atoms with Gasteiger partial charge in [0.25, 0.3) is 5.91 Å². The Kier molecular flexibility index (Phi) is 3.36. The number of amides is 1. The first-order valence-electron chi connectivity index (χ1n) is 6.56. The van der Waals surface area contributed by atoms with Gasteiger partial charge in [0.05, 0.1) is 0 Å². The molecular formula is C17H13FN2O. The van der Waals surface area contributed by atoms with E-state index in [-0.39, 0.29) is 11.7 Å². The smallest absolute Gasteiger partial charge is 0.275 e. The van der Waals surface area contributed by atoms with Crippen LogP contribution in [0.5, 0.6) is 0 Å². The Labute approximate surface area is 121 Å². The molecule has 21 heavy (non-hydrogen) atoms. The Balaban J connectivity index is 1.91. The third kappa shape index (κ3) is 2.89. The van der Waals surface area contributed by atoms with E-state index in [9.17, 15) is 9.18 Å². The molecule has 0 fully saturated rings. The molecule has 2 aromatic rings. The molecule has 0 aromatic heterocycles. The van der Waals surface area contributed by atoms with Crippen molar-refractivity contribution in [1.29, 1.82) is 0 Å². The summed E-state index contributed by atoms with van der Waals surface area (Å²) in [6.45, 7) is 2.00. The van der Waals surface area contributed by atoms with E-state index in [0.29, 0.717) is 11.5 Å². The summed E-state index contributed by atoms with van der Waals surface area (Å²) < 4.78 is 12.9. The van der Waals surface area contributed by atoms with E-state index in [2.05, 4.69) is 10.3 Å². The Morgan fingerprint density at radius 2 is 1.71 bits per heavy atom. The van der Waals surface area contributed by atoms with Crippen LogP contribution in [0.3, 0.4) is 0 Å². The zero-order valence-electron chi connectivity index (χ0n) is 11.4. The summed E-state index contributed by atoms with van der Waals surface area (Å²) in [6, 6.07) is 13.7. The Hall–Kier alpha value is -2.75. The molecule has 1 N–H and O–H groups in total. The molecule has 0 spiro atoms. The van der Waals surface area contributed by atoms with Gasteiger partial charge in [0, 0.05) is 5.56 Å². The standard InChI is InChI=1S/C17H13FN2O/c1-11-2-6-13(7-3-11)16-19-15(17(21)20-16)10-12-4-8-14(18)9-5-12/h2-10H,1H3,(H,19,20,21)/b15-10-. The number of rotatable bonds is 2. The summed E-state index contributed by atoms with van der Waals surface area (Å²) in [7, 11) is 0. The van der Waals surface area contributed by atoms with E-state index in [1.807, 2.05) is 31.2 Å². The minimum Gasteiger partial charge on any atom is -0.305 e. The van der Waals surface area contributed by atoms with Crippen LogP contribution < -0.4 is 5.32 Å². The second kappa shape index (κ2) is 5.32. The molecule has 4 heteroatoms. The lowest BCUT2D eigenvalue weighted by molar-refractivity contribution is -0.115. The molecule has 0 aliphatic carbocycles. The number of carbonyl (C=O) groups excluding carboxylic acids is 1. The van der Waals surface area contributed by atoms with E-state index in [4.69, 9.17) is 0 Å². The molecule has 3 rings (SSSR count). The predicted molar refractivity (Wildman–Crippen MR) is 80.2 cm³/mol. The third-order valence-electron chi connectivity index (χ3n) is 3.20. The topological polar surface area (TPSA) is 41.5 Å². The number of halogens is 1. The summed E-state index contributed by atoms with van der Waals surface area (Å²) in [6.07, 6.45) is 1.63. The van der Waals surface area contributed by atoms with Crippen LogP contribution in [0.4, 0.5) is 4.39 Å². The van der Waals surface area contributed by atoms with Gasteiger partial charge in [-0.05, 0) is 30.7 Å². The molecule has 2 aromatic carbocycles. The van der Waals surface area contributed by atoms with Crippen LogP contribution >= 0.6 is 0 Å². The molecule has 0 unspecified atom stereocenters. The van der Waals surface area contributed by atoms with Gasteiger partial charge in [0.1, 0.15) is 17.3 Å². The average molecular weight is 280 g/mol. The Morgan fingerprint density at radius 1 is 1.05 bits per heavy atom. The number of hydrogen-bond donors (Lipinski definition) is 1. The molecule has 1 aliphatic heterocycles. The molecule has 0 saturated carbocycles. The van der Waals surface area contributed by atoms with Crippen molar-refractivity contribution in [3.63, 3.8) is 0 Å². The van der Waals surface area contributed by atoms with Crippen molar-refractivity contribution in [3.05, 3.63) is 76.7 Å². The molecule has 3 nitrogen and oxygen atoms in total. The molecule has 1 heterocycles. The van der Waals surface area contributed by atoms with E-state index in [1.165, 1.54) is 12.1 Å². The highest BCUT2D eigenvalue weighted by molar-refractivity contribution is 6.19. The van der Waals surface area contributed by atoms with Gasteiger partial charge in [-0.2, -0.15) is 0 Å². The number of nitrogens with zero attached hydrogens (tertiary/aromatic N) is 1. The fourth-order valence-electron chi connectivity index (χ4n) is 2.03. The SMILES string of the molecule is Cc1ccc(C2=N/C(=C\c3ccc(F)cc3)C(=O)N2)cc1. The molecule has 1 amide bonds. The fraction of sp³-hybridized carbons (Fsp3) is 0.0588. The van der Waals surface area contributed by atoms with Crippen molar-refractivity contribution >= 4 is 17.8 Å². The van der Waals surface area contributed by atoms with Gasteiger partial charge in [-0.3, -0.25) is 4.79 Å². The zero-order chi connectivity index (χ0) is 14.8. The van der Waals surface area contributed by atoms with Crippen molar-refractivity contribution in [2.24, 2.45) is 4.99 Å². The highest BCUT2D eigenvalue weighted by atomic mass is 19.1. The van der Waals surface area contributed by atoms with E-state index in [0.717, 1.165) is 16.7 Å². The lowest BCUT2D eigenvalue weighted by atomic mass is 10.1. The zero-order valence-corrected chi connectivity index (χ0v) is 11.4. The second-order valence-corrected chi connectivity index (χ2v) is 4.86. The minimum absolute atomic E-state index is 0.255.